The molecular formula is C12H14F4N4O5S. The monoisotopic (exact) mass is 402 g/mol. The van der Waals surface area contributed by atoms with Crippen molar-refractivity contribution in [3.05, 3.63) is 23.3 Å². The van der Waals surface area contributed by atoms with Crippen LogP contribution in [0.15, 0.2) is 9.89 Å². The molecule has 26 heavy (non-hydrogen) atoms. The van der Waals surface area contributed by atoms with Gasteiger partial charge in [-0.2, -0.15) is 8.42 Å². The lowest BCUT2D eigenvalue weighted by Gasteiger charge is -2.10. The minimum absolute atomic E-state index is 0.0312. The van der Waals surface area contributed by atoms with Gasteiger partial charge >= 0.3 is 16.1 Å². The van der Waals surface area contributed by atoms with Crippen molar-refractivity contribution in [1.29, 1.82) is 0 Å². The summed E-state index contributed by atoms with van der Waals surface area (Å²) in [5.41, 5.74) is 13.5. The van der Waals surface area contributed by atoms with E-state index >= 15 is 0 Å². The molecule has 0 aliphatic carbocycles. The van der Waals surface area contributed by atoms with Gasteiger partial charge in [-0.25, -0.2) is 22.6 Å². The highest BCUT2D eigenvalue weighted by Gasteiger charge is 2.34. The summed E-state index contributed by atoms with van der Waals surface area (Å²) in [6, 6.07) is -2.27. The first-order valence-electron chi connectivity index (χ1n) is 6.74. The number of amidine groups is 1. The largest absolute Gasteiger partial charge is 0.480 e. The van der Waals surface area contributed by atoms with E-state index in [0.717, 1.165) is 0 Å². The van der Waals surface area contributed by atoms with Crippen molar-refractivity contribution in [3.63, 3.8) is 0 Å². The Kier molecular flexibility index (Phi) is 6.74. The lowest BCUT2D eigenvalue weighted by Crippen LogP contribution is -2.30. The topological polar surface area (TPSA) is 171 Å². The van der Waals surface area contributed by atoms with Crippen molar-refractivity contribution in [2.24, 2.45) is 16.5 Å². The Labute approximate surface area is 144 Å². The van der Waals surface area contributed by atoms with Crippen LogP contribution in [0.5, 0.6) is 0 Å². The molecule has 1 aromatic carbocycles. The lowest BCUT2D eigenvalue weighted by atomic mass is 10.2. The number of nitrogens with zero attached hydrogens (tertiary/aromatic N) is 1. The van der Waals surface area contributed by atoms with Crippen LogP contribution in [0.2, 0.25) is 0 Å². The van der Waals surface area contributed by atoms with Gasteiger partial charge in [0.1, 0.15) is 11.7 Å². The van der Waals surface area contributed by atoms with E-state index in [2.05, 4.69) is 9.18 Å². The average Bonchev–Trinajstić information content (AvgIpc) is 2.54. The smallest absolute Gasteiger partial charge is 0.347 e. The first-order valence-corrected chi connectivity index (χ1v) is 8.15. The zero-order chi connectivity index (χ0) is 20.2. The Hall–Kier alpha value is -2.61. The number of nitrogens with two attached hydrogens (primary N) is 3. The first kappa shape index (κ1) is 21.4. The number of anilines is 1. The lowest BCUT2D eigenvalue weighted by molar-refractivity contribution is -0.138. The molecular weight excluding hydrogens is 388 g/mol. The van der Waals surface area contributed by atoms with Gasteiger partial charge in [0.05, 0.1) is 0 Å². The van der Waals surface area contributed by atoms with Crippen LogP contribution in [-0.4, -0.2) is 38.1 Å². The molecule has 0 saturated heterocycles. The molecule has 146 valence electrons. The summed E-state index contributed by atoms with van der Waals surface area (Å²) in [4.78, 5) is 11.8. The molecule has 0 fully saturated rings. The Morgan fingerprint density at radius 3 is 2.12 bits per heavy atom. The van der Waals surface area contributed by atoms with Crippen molar-refractivity contribution >= 4 is 27.8 Å². The fraction of sp³-hybridized carbons (Fsp3) is 0.333. The maximum absolute atomic E-state index is 13.6. The van der Waals surface area contributed by atoms with Crippen LogP contribution in [0.3, 0.4) is 0 Å². The number of carbonyl (C=O) groups is 1. The van der Waals surface area contributed by atoms with Crippen LogP contribution in [0.25, 0.3) is 0 Å². The Balaban J connectivity index is 2.97. The number of halogens is 4. The van der Waals surface area contributed by atoms with E-state index in [0.29, 0.717) is 0 Å². The van der Waals surface area contributed by atoms with Crippen molar-refractivity contribution in [1.82, 2.24) is 0 Å². The number of carboxylic acid groups (broad SMARTS) is 1. The van der Waals surface area contributed by atoms with Gasteiger partial charge in [0.2, 0.25) is 0 Å². The molecule has 7 N–H and O–H groups in total. The summed E-state index contributed by atoms with van der Waals surface area (Å²) < 4.78 is 81.7. The predicted octanol–water partition coefficient (Wildman–Crippen LogP) is 0.0373. The number of hydrogen-bond acceptors (Lipinski definition) is 7. The van der Waals surface area contributed by atoms with Crippen LogP contribution in [0.1, 0.15) is 12.8 Å². The third kappa shape index (κ3) is 4.72. The zero-order valence-corrected chi connectivity index (χ0v) is 13.7. The van der Waals surface area contributed by atoms with Crippen LogP contribution in [0.4, 0.5) is 23.2 Å². The van der Waals surface area contributed by atoms with E-state index in [4.69, 9.17) is 22.3 Å². The standard InChI is InChI=1S/C12H14F4N4O5S/c13-5-7(15)10(8(16)6(14)9(5)18)26(23,24)25-12(19)20-3-1-2-4(17)11(21)22/h4H,1-3,17-18H2,(H2,19,20)(H,21,22). The van der Waals surface area contributed by atoms with Crippen LogP contribution in [0, 0.1) is 23.3 Å². The second-order valence-electron chi connectivity index (χ2n) is 4.84. The van der Waals surface area contributed by atoms with Gasteiger partial charge in [0.15, 0.2) is 28.2 Å². The van der Waals surface area contributed by atoms with Gasteiger partial charge in [-0.1, -0.05) is 0 Å². The second kappa shape index (κ2) is 8.18. The Morgan fingerprint density at radius 1 is 1.15 bits per heavy atom. The number of nitrogen functional groups attached to an aromatic ring is 1. The third-order valence-electron chi connectivity index (χ3n) is 2.96. The number of benzene rings is 1. The fourth-order valence-electron chi connectivity index (χ4n) is 1.65. The van der Waals surface area contributed by atoms with Gasteiger partial charge in [-0.3, -0.25) is 4.79 Å². The molecule has 9 nitrogen and oxygen atoms in total. The minimum Gasteiger partial charge on any atom is -0.480 e. The van der Waals surface area contributed by atoms with E-state index in [1.54, 1.807) is 0 Å². The molecule has 14 heteroatoms. The predicted molar refractivity (Wildman–Crippen MR) is 80.3 cm³/mol. The number of aliphatic carboxylic acids is 1. The minimum atomic E-state index is -5.41. The highest BCUT2D eigenvalue weighted by atomic mass is 32.2. The van der Waals surface area contributed by atoms with Gasteiger partial charge in [-0.15, -0.1) is 0 Å². The molecule has 0 saturated carbocycles. The van der Waals surface area contributed by atoms with Crippen molar-refractivity contribution in [2.75, 3.05) is 12.3 Å². The molecule has 0 spiro atoms. The molecule has 0 aromatic heterocycles. The van der Waals surface area contributed by atoms with Gasteiger partial charge < -0.3 is 26.5 Å². The molecule has 0 amide bonds. The Bertz CT molecular complexity index is 818. The summed E-state index contributed by atoms with van der Waals surface area (Å²) in [6.07, 6.45) is 0.0297. The number of rotatable bonds is 7. The molecule has 1 rings (SSSR count). The molecule has 0 heterocycles. The van der Waals surface area contributed by atoms with Gasteiger partial charge in [0, 0.05) is 6.54 Å². The zero-order valence-electron chi connectivity index (χ0n) is 12.9. The molecule has 0 radical (unpaired) electrons. The highest BCUT2D eigenvalue weighted by molar-refractivity contribution is 7.87. The maximum Gasteiger partial charge on any atom is 0.347 e. The van der Waals surface area contributed by atoms with Crippen LogP contribution < -0.4 is 17.2 Å². The molecule has 0 bridgehead atoms. The molecule has 1 atom stereocenters. The molecule has 1 aromatic rings. The highest BCUT2D eigenvalue weighted by Crippen LogP contribution is 2.29. The molecule has 0 aliphatic heterocycles. The fourth-order valence-corrected chi connectivity index (χ4v) is 2.63. The van der Waals surface area contributed by atoms with Crippen LogP contribution in [-0.2, 0) is 19.1 Å². The van der Waals surface area contributed by atoms with Crippen molar-refractivity contribution in [2.45, 2.75) is 23.8 Å². The first-order chi connectivity index (χ1) is 11.9. The van der Waals surface area contributed by atoms with Crippen molar-refractivity contribution < 1.29 is 40.1 Å². The summed E-state index contributed by atoms with van der Waals surface area (Å²) in [5, 5.41) is 8.55. The quantitative estimate of drug-likeness (QED) is 0.0941. The number of hydrogen-bond donors (Lipinski definition) is 4. The van der Waals surface area contributed by atoms with E-state index in [-0.39, 0.29) is 19.4 Å². The van der Waals surface area contributed by atoms with Crippen LogP contribution >= 0.6 is 0 Å². The van der Waals surface area contributed by atoms with Crippen molar-refractivity contribution in [3.8, 4) is 0 Å². The van der Waals surface area contributed by atoms with Gasteiger partial charge in [0.25, 0.3) is 6.02 Å². The van der Waals surface area contributed by atoms with E-state index in [1.165, 1.54) is 0 Å². The third-order valence-corrected chi connectivity index (χ3v) is 4.21. The summed E-state index contributed by atoms with van der Waals surface area (Å²) in [5.74, 6) is -10.1. The van der Waals surface area contributed by atoms with Gasteiger partial charge in [-0.05, 0) is 12.8 Å². The summed E-state index contributed by atoms with van der Waals surface area (Å²) >= 11 is 0. The number of aliphatic imine (C=N–C) groups is 1. The molecule has 1 unspecified atom stereocenters. The summed E-state index contributed by atoms with van der Waals surface area (Å²) in [7, 11) is -5.41. The maximum atomic E-state index is 13.6. The van der Waals surface area contributed by atoms with E-state index in [9.17, 15) is 30.8 Å². The normalized spacial score (nSPS) is 13.5. The van der Waals surface area contributed by atoms with E-state index < -0.39 is 62.0 Å². The SMILES string of the molecule is NC(=NCCCC(N)C(=O)O)OS(=O)(=O)c1c(F)c(F)c(N)c(F)c1F. The second-order valence-corrected chi connectivity index (χ2v) is 6.33. The Morgan fingerprint density at radius 2 is 1.65 bits per heavy atom. The number of carboxylic acids is 1. The molecule has 0 aliphatic rings. The summed E-state index contributed by atoms with van der Waals surface area (Å²) in [6.45, 7) is -0.238. The van der Waals surface area contributed by atoms with E-state index in [1.807, 2.05) is 0 Å². The average molecular weight is 402 g/mol.